The molecule has 1 aliphatic heterocycles. The van der Waals surface area contributed by atoms with Crippen molar-refractivity contribution in [1.29, 1.82) is 0 Å². The van der Waals surface area contributed by atoms with E-state index in [0.717, 1.165) is 43.9 Å². The third kappa shape index (κ3) is 5.10. The molecule has 82 valence electrons. The van der Waals surface area contributed by atoms with E-state index < -0.39 is 0 Å². The zero-order valence-electron chi connectivity index (χ0n) is 8.76. The van der Waals surface area contributed by atoms with Gasteiger partial charge in [-0.2, -0.15) is 0 Å². The molecule has 0 amide bonds. The molecule has 1 rings (SSSR count). The number of hydrogen-bond acceptors (Lipinski definition) is 3. The lowest BCUT2D eigenvalue weighted by atomic mass is 10.3. The zero-order chi connectivity index (χ0) is 10.4. The molecule has 0 aromatic carbocycles. The Kier molecular flexibility index (Phi) is 5.70. The summed E-state index contributed by atoms with van der Waals surface area (Å²) < 4.78 is 6.30. The van der Waals surface area contributed by atoms with Gasteiger partial charge in [0.1, 0.15) is 0 Å². The normalized spacial score (nSPS) is 20.7. The molecule has 1 N–H and O–H groups in total. The van der Waals surface area contributed by atoms with Gasteiger partial charge < -0.3 is 10.1 Å². The first-order chi connectivity index (χ1) is 6.68. The highest BCUT2D eigenvalue weighted by Gasteiger charge is 2.12. The predicted molar refractivity (Wildman–Crippen MR) is 62.8 cm³/mol. The highest BCUT2D eigenvalue weighted by molar-refractivity contribution is 9.11. The third-order valence-electron chi connectivity index (χ3n) is 2.28. The van der Waals surface area contributed by atoms with E-state index in [1.165, 1.54) is 0 Å². The van der Waals surface area contributed by atoms with Crippen LogP contribution >= 0.6 is 15.9 Å². The molecule has 0 aromatic heterocycles. The van der Waals surface area contributed by atoms with Crippen LogP contribution in [0.5, 0.6) is 0 Å². The van der Waals surface area contributed by atoms with Crippen LogP contribution in [-0.4, -0.2) is 50.3 Å². The Morgan fingerprint density at radius 3 is 2.79 bits per heavy atom. The number of morpholine rings is 1. The van der Waals surface area contributed by atoms with Crippen molar-refractivity contribution in [2.45, 2.75) is 13.0 Å². The minimum atomic E-state index is 0.502. The molecule has 14 heavy (non-hydrogen) atoms. The average Bonchev–Trinajstić information content (AvgIpc) is 2.16. The van der Waals surface area contributed by atoms with E-state index in [-0.39, 0.29) is 0 Å². The lowest BCUT2D eigenvalue weighted by Gasteiger charge is -2.29. The largest absolute Gasteiger partial charge is 0.379 e. The summed E-state index contributed by atoms with van der Waals surface area (Å²) in [5.41, 5.74) is 0. The van der Waals surface area contributed by atoms with Gasteiger partial charge in [-0.1, -0.05) is 22.5 Å². The molecule has 1 atom stereocenters. The fraction of sp³-hybridized carbons (Fsp3) is 0.800. The van der Waals surface area contributed by atoms with Gasteiger partial charge in [0, 0.05) is 36.7 Å². The van der Waals surface area contributed by atoms with Crippen molar-refractivity contribution in [3.05, 3.63) is 11.1 Å². The van der Waals surface area contributed by atoms with Crippen LogP contribution in [0, 0.1) is 0 Å². The van der Waals surface area contributed by atoms with E-state index in [0.29, 0.717) is 6.04 Å². The molecular formula is C10H19BrN2O. The Bertz CT molecular complexity index is 181. The van der Waals surface area contributed by atoms with Crippen LogP contribution in [0.25, 0.3) is 0 Å². The summed E-state index contributed by atoms with van der Waals surface area (Å²) in [6, 6.07) is 0.502. The second-order valence-electron chi connectivity index (χ2n) is 3.71. The second kappa shape index (κ2) is 6.56. The maximum absolute atomic E-state index is 5.30. The van der Waals surface area contributed by atoms with E-state index in [2.05, 4.69) is 39.6 Å². The van der Waals surface area contributed by atoms with Crippen molar-refractivity contribution in [2.24, 2.45) is 0 Å². The molecule has 0 aromatic rings. The van der Waals surface area contributed by atoms with Crippen LogP contribution < -0.4 is 5.32 Å². The zero-order valence-corrected chi connectivity index (χ0v) is 10.3. The van der Waals surface area contributed by atoms with Gasteiger partial charge in [-0.15, -0.1) is 0 Å². The standard InChI is InChI=1S/C10H19BrN2O/c1-9(11)7-12-10(2)8-13-3-5-14-6-4-13/h10,12H,1,3-8H2,2H3. The van der Waals surface area contributed by atoms with Gasteiger partial charge in [0.2, 0.25) is 0 Å². The van der Waals surface area contributed by atoms with Gasteiger partial charge in [0.05, 0.1) is 13.2 Å². The summed E-state index contributed by atoms with van der Waals surface area (Å²) in [5, 5.41) is 3.40. The van der Waals surface area contributed by atoms with Crippen LogP contribution in [0.1, 0.15) is 6.92 Å². The molecular weight excluding hydrogens is 244 g/mol. The summed E-state index contributed by atoms with van der Waals surface area (Å²) in [4.78, 5) is 2.43. The summed E-state index contributed by atoms with van der Waals surface area (Å²) in [6.07, 6.45) is 0. The fourth-order valence-corrected chi connectivity index (χ4v) is 1.68. The Morgan fingerprint density at radius 1 is 1.57 bits per heavy atom. The number of rotatable bonds is 5. The second-order valence-corrected chi connectivity index (χ2v) is 4.83. The van der Waals surface area contributed by atoms with E-state index in [1.807, 2.05) is 0 Å². The van der Waals surface area contributed by atoms with Gasteiger partial charge in [0.15, 0.2) is 0 Å². The van der Waals surface area contributed by atoms with Gasteiger partial charge in [-0.25, -0.2) is 0 Å². The predicted octanol–water partition coefficient (Wildman–Crippen LogP) is 1.21. The fourth-order valence-electron chi connectivity index (χ4n) is 1.52. The molecule has 1 unspecified atom stereocenters. The van der Waals surface area contributed by atoms with Crippen molar-refractivity contribution >= 4 is 15.9 Å². The van der Waals surface area contributed by atoms with Crippen LogP contribution in [0.4, 0.5) is 0 Å². The Labute approximate surface area is 94.6 Å². The first kappa shape index (κ1) is 12.2. The summed E-state index contributed by atoms with van der Waals surface area (Å²) >= 11 is 3.34. The van der Waals surface area contributed by atoms with Crippen LogP contribution in [0.15, 0.2) is 11.1 Å². The van der Waals surface area contributed by atoms with E-state index >= 15 is 0 Å². The molecule has 1 heterocycles. The molecule has 0 saturated carbocycles. The van der Waals surface area contributed by atoms with Crippen LogP contribution in [0.3, 0.4) is 0 Å². The van der Waals surface area contributed by atoms with E-state index in [4.69, 9.17) is 4.74 Å². The minimum Gasteiger partial charge on any atom is -0.379 e. The molecule has 0 radical (unpaired) electrons. The van der Waals surface area contributed by atoms with Gasteiger partial charge in [-0.05, 0) is 6.92 Å². The monoisotopic (exact) mass is 262 g/mol. The Morgan fingerprint density at radius 2 is 2.21 bits per heavy atom. The van der Waals surface area contributed by atoms with Crippen molar-refractivity contribution in [3.8, 4) is 0 Å². The Hall–Kier alpha value is 0.1000. The maximum atomic E-state index is 5.30. The molecule has 3 nitrogen and oxygen atoms in total. The number of nitrogens with one attached hydrogen (secondary N) is 1. The van der Waals surface area contributed by atoms with Crippen molar-refractivity contribution in [1.82, 2.24) is 10.2 Å². The first-order valence-electron chi connectivity index (χ1n) is 5.05. The van der Waals surface area contributed by atoms with Crippen molar-refractivity contribution < 1.29 is 4.74 Å². The molecule has 0 spiro atoms. The van der Waals surface area contributed by atoms with Gasteiger partial charge in [-0.3, -0.25) is 4.90 Å². The molecule has 0 aliphatic carbocycles. The highest BCUT2D eigenvalue weighted by atomic mass is 79.9. The average molecular weight is 263 g/mol. The summed E-state index contributed by atoms with van der Waals surface area (Å²) in [7, 11) is 0. The minimum absolute atomic E-state index is 0.502. The SMILES string of the molecule is C=C(Br)CNC(C)CN1CCOCC1. The Balaban J connectivity index is 2.11. The summed E-state index contributed by atoms with van der Waals surface area (Å²) in [6.45, 7) is 11.8. The molecule has 1 fully saturated rings. The van der Waals surface area contributed by atoms with E-state index in [9.17, 15) is 0 Å². The molecule has 1 aliphatic rings. The molecule has 4 heteroatoms. The number of hydrogen-bond donors (Lipinski definition) is 1. The number of ether oxygens (including phenoxy) is 1. The smallest absolute Gasteiger partial charge is 0.0594 e. The number of halogens is 1. The number of nitrogens with zero attached hydrogens (tertiary/aromatic N) is 1. The maximum Gasteiger partial charge on any atom is 0.0594 e. The van der Waals surface area contributed by atoms with Gasteiger partial charge in [0.25, 0.3) is 0 Å². The quantitative estimate of drug-likeness (QED) is 0.806. The van der Waals surface area contributed by atoms with E-state index in [1.54, 1.807) is 0 Å². The summed E-state index contributed by atoms with van der Waals surface area (Å²) in [5.74, 6) is 0. The first-order valence-corrected chi connectivity index (χ1v) is 5.84. The third-order valence-corrected chi connectivity index (χ3v) is 2.56. The van der Waals surface area contributed by atoms with Crippen molar-refractivity contribution in [2.75, 3.05) is 39.4 Å². The van der Waals surface area contributed by atoms with Crippen LogP contribution in [-0.2, 0) is 4.74 Å². The lowest BCUT2D eigenvalue weighted by molar-refractivity contribution is 0.0346. The topological polar surface area (TPSA) is 24.5 Å². The van der Waals surface area contributed by atoms with Crippen molar-refractivity contribution in [3.63, 3.8) is 0 Å². The van der Waals surface area contributed by atoms with Crippen LogP contribution in [0.2, 0.25) is 0 Å². The molecule has 0 bridgehead atoms. The molecule has 1 saturated heterocycles. The lowest BCUT2D eigenvalue weighted by Crippen LogP contribution is -2.44. The van der Waals surface area contributed by atoms with Gasteiger partial charge >= 0.3 is 0 Å². The highest BCUT2D eigenvalue weighted by Crippen LogP contribution is 2.01.